The first kappa shape index (κ1) is 14.7. The molecule has 22 heavy (non-hydrogen) atoms. The Labute approximate surface area is 136 Å². The molecule has 110 valence electrons. The van der Waals surface area contributed by atoms with Gasteiger partial charge in [-0.2, -0.15) is 0 Å². The van der Waals surface area contributed by atoms with Crippen molar-refractivity contribution in [3.8, 4) is 5.75 Å². The van der Waals surface area contributed by atoms with Gasteiger partial charge in [0.25, 0.3) is 5.91 Å². The number of amidine groups is 1. The Hall–Kier alpha value is -2.24. The van der Waals surface area contributed by atoms with Gasteiger partial charge in [0.05, 0.1) is 10.6 Å². The monoisotopic (exact) mass is 330 g/mol. The van der Waals surface area contributed by atoms with Crippen LogP contribution in [0.2, 0.25) is 5.02 Å². The molecular formula is C16H11ClN2O2S. The Morgan fingerprint density at radius 3 is 2.68 bits per heavy atom. The van der Waals surface area contributed by atoms with Crippen molar-refractivity contribution in [1.29, 1.82) is 0 Å². The SMILES string of the molecule is O=C1NC(=Nc2cccc(O)c2)S/C1=C/c1ccc(Cl)cc1. The lowest BCUT2D eigenvalue weighted by atomic mass is 10.2. The van der Waals surface area contributed by atoms with Crippen LogP contribution in [0.3, 0.4) is 0 Å². The van der Waals surface area contributed by atoms with E-state index in [0.29, 0.717) is 20.8 Å². The second kappa shape index (κ2) is 6.25. The smallest absolute Gasteiger partial charge is 0.264 e. The number of hydrogen-bond acceptors (Lipinski definition) is 4. The summed E-state index contributed by atoms with van der Waals surface area (Å²) in [4.78, 5) is 16.8. The topological polar surface area (TPSA) is 61.7 Å². The molecule has 2 aromatic rings. The number of halogens is 1. The summed E-state index contributed by atoms with van der Waals surface area (Å²) in [6.07, 6.45) is 1.78. The van der Waals surface area contributed by atoms with Crippen LogP contribution in [0.4, 0.5) is 5.69 Å². The highest BCUT2D eigenvalue weighted by Crippen LogP contribution is 2.29. The summed E-state index contributed by atoms with van der Waals surface area (Å²) in [5.74, 6) is -0.0630. The third-order valence-electron chi connectivity index (χ3n) is 2.88. The molecule has 0 saturated carbocycles. The second-order valence-corrected chi connectivity index (χ2v) is 6.02. The average molecular weight is 331 g/mol. The van der Waals surface area contributed by atoms with Crippen molar-refractivity contribution in [3.63, 3.8) is 0 Å². The van der Waals surface area contributed by atoms with Gasteiger partial charge in [-0.3, -0.25) is 4.79 Å². The zero-order valence-electron chi connectivity index (χ0n) is 11.3. The van der Waals surface area contributed by atoms with Gasteiger partial charge in [0.15, 0.2) is 5.17 Å². The molecular weight excluding hydrogens is 320 g/mol. The van der Waals surface area contributed by atoms with Gasteiger partial charge >= 0.3 is 0 Å². The molecule has 1 amide bonds. The number of carbonyl (C=O) groups is 1. The first-order valence-electron chi connectivity index (χ1n) is 6.44. The Kier molecular flexibility index (Phi) is 4.18. The lowest BCUT2D eigenvalue weighted by Gasteiger charge is -1.97. The van der Waals surface area contributed by atoms with Gasteiger partial charge in [0, 0.05) is 11.1 Å². The van der Waals surface area contributed by atoms with Crippen LogP contribution in [0.5, 0.6) is 5.75 Å². The van der Waals surface area contributed by atoms with E-state index in [4.69, 9.17) is 11.6 Å². The standard InChI is InChI=1S/C16H11ClN2O2S/c17-11-6-4-10(5-7-11)8-14-15(21)19-16(22-14)18-12-2-1-3-13(20)9-12/h1-9,20H,(H,18,19,21)/b14-8+. The summed E-state index contributed by atoms with van der Waals surface area (Å²) in [7, 11) is 0. The molecule has 1 fully saturated rings. The molecule has 0 unspecified atom stereocenters. The van der Waals surface area contributed by atoms with Crippen LogP contribution in [-0.2, 0) is 4.79 Å². The zero-order chi connectivity index (χ0) is 15.5. The van der Waals surface area contributed by atoms with E-state index in [1.807, 2.05) is 12.1 Å². The molecule has 0 radical (unpaired) electrons. The minimum atomic E-state index is -0.196. The second-order valence-electron chi connectivity index (χ2n) is 4.55. The van der Waals surface area contributed by atoms with E-state index >= 15 is 0 Å². The van der Waals surface area contributed by atoms with E-state index < -0.39 is 0 Å². The van der Waals surface area contributed by atoms with E-state index in [-0.39, 0.29) is 11.7 Å². The predicted molar refractivity (Wildman–Crippen MR) is 90.4 cm³/mol. The third-order valence-corrected chi connectivity index (χ3v) is 4.04. The zero-order valence-corrected chi connectivity index (χ0v) is 12.9. The van der Waals surface area contributed by atoms with Crippen LogP contribution in [0.25, 0.3) is 6.08 Å². The van der Waals surface area contributed by atoms with Gasteiger partial charge < -0.3 is 10.4 Å². The van der Waals surface area contributed by atoms with Crippen LogP contribution in [0.15, 0.2) is 58.4 Å². The summed E-state index contributed by atoms with van der Waals surface area (Å²) in [5.41, 5.74) is 1.47. The number of aliphatic imine (C=N–C) groups is 1. The fourth-order valence-corrected chi connectivity index (χ4v) is 2.84. The van der Waals surface area contributed by atoms with Crippen LogP contribution < -0.4 is 5.32 Å². The Morgan fingerprint density at radius 1 is 1.18 bits per heavy atom. The summed E-state index contributed by atoms with van der Waals surface area (Å²) >= 11 is 7.09. The van der Waals surface area contributed by atoms with E-state index in [0.717, 1.165) is 5.56 Å². The quantitative estimate of drug-likeness (QED) is 0.820. The molecule has 2 aromatic carbocycles. The van der Waals surface area contributed by atoms with Gasteiger partial charge in [0.2, 0.25) is 0 Å². The molecule has 6 heteroatoms. The highest BCUT2D eigenvalue weighted by atomic mass is 35.5. The van der Waals surface area contributed by atoms with Crippen molar-refractivity contribution in [2.45, 2.75) is 0 Å². The first-order valence-corrected chi connectivity index (χ1v) is 7.64. The number of phenols is 1. The number of rotatable bonds is 2. The molecule has 4 nitrogen and oxygen atoms in total. The number of nitrogens with one attached hydrogen (secondary N) is 1. The Morgan fingerprint density at radius 2 is 1.95 bits per heavy atom. The van der Waals surface area contributed by atoms with E-state index in [1.54, 1.807) is 36.4 Å². The average Bonchev–Trinajstić information content (AvgIpc) is 2.81. The minimum absolute atomic E-state index is 0.133. The van der Waals surface area contributed by atoms with Gasteiger partial charge in [-0.25, -0.2) is 4.99 Å². The van der Waals surface area contributed by atoms with Crippen molar-refractivity contribution < 1.29 is 9.90 Å². The molecule has 0 atom stereocenters. The van der Waals surface area contributed by atoms with Crippen LogP contribution in [0, 0.1) is 0 Å². The molecule has 3 rings (SSSR count). The summed E-state index contributed by atoms with van der Waals surface area (Å²) in [5, 5.41) is 13.3. The van der Waals surface area contributed by atoms with Gasteiger partial charge in [-0.15, -0.1) is 0 Å². The minimum Gasteiger partial charge on any atom is -0.508 e. The van der Waals surface area contributed by atoms with Crippen molar-refractivity contribution in [2.75, 3.05) is 0 Å². The molecule has 1 aliphatic heterocycles. The van der Waals surface area contributed by atoms with Gasteiger partial charge in [-0.05, 0) is 47.7 Å². The number of amides is 1. The molecule has 0 bridgehead atoms. The lowest BCUT2D eigenvalue weighted by molar-refractivity contribution is -0.115. The molecule has 1 aliphatic rings. The van der Waals surface area contributed by atoms with E-state index in [9.17, 15) is 9.90 Å². The number of phenolic OH excluding ortho intramolecular Hbond substituents is 1. The van der Waals surface area contributed by atoms with Crippen molar-refractivity contribution >= 4 is 46.2 Å². The number of carbonyl (C=O) groups excluding carboxylic acids is 1. The predicted octanol–water partition coefficient (Wildman–Crippen LogP) is 3.94. The summed E-state index contributed by atoms with van der Waals surface area (Å²) in [6, 6.07) is 13.8. The highest BCUT2D eigenvalue weighted by Gasteiger charge is 2.23. The number of nitrogens with zero attached hydrogens (tertiary/aromatic N) is 1. The van der Waals surface area contributed by atoms with Crippen LogP contribution in [0.1, 0.15) is 5.56 Å². The molecule has 1 saturated heterocycles. The maximum absolute atomic E-state index is 12.0. The van der Waals surface area contributed by atoms with Gasteiger partial charge in [0.1, 0.15) is 5.75 Å². The van der Waals surface area contributed by atoms with Gasteiger partial charge in [-0.1, -0.05) is 29.8 Å². The fourth-order valence-electron chi connectivity index (χ4n) is 1.87. The van der Waals surface area contributed by atoms with E-state index in [1.165, 1.54) is 17.8 Å². The maximum atomic E-state index is 12.0. The summed E-state index contributed by atoms with van der Waals surface area (Å²) in [6.45, 7) is 0. The molecule has 0 aromatic heterocycles. The van der Waals surface area contributed by atoms with Crippen molar-refractivity contribution in [2.24, 2.45) is 4.99 Å². The number of aromatic hydroxyl groups is 1. The van der Waals surface area contributed by atoms with Crippen LogP contribution in [-0.4, -0.2) is 16.2 Å². The summed E-state index contributed by atoms with van der Waals surface area (Å²) < 4.78 is 0. The Balaban J connectivity index is 1.82. The van der Waals surface area contributed by atoms with E-state index in [2.05, 4.69) is 10.3 Å². The first-order chi connectivity index (χ1) is 10.6. The number of thioether (sulfide) groups is 1. The molecule has 0 aliphatic carbocycles. The lowest BCUT2D eigenvalue weighted by Crippen LogP contribution is -2.19. The molecule has 2 N–H and O–H groups in total. The third kappa shape index (κ3) is 3.50. The molecule has 1 heterocycles. The Bertz CT molecular complexity index is 785. The van der Waals surface area contributed by atoms with Crippen molar-refractivity contribution in [1.82, 2.24) is 5.32 Å². The number of hydrogen-bond donors (Lipinski definition) is 2. The number of benzene rings is 2. The normalized spacial score (nSPS) is 18.0. The molecule has 0 spiro atoms. The highest BCUT2D eigenvalue weighted by molar-refractivity contribution is 8.18. The fraction of sp³-hybridized carbons (Fsp3) is 0. The maximum Gasteiger partial charge on any atom is 0.264 e. The van der Waals surface area contributed by atoms with Crippen LogP contribution >= 0.6 is 23.4 Å². The van der Waals surface area contributed by atoms with Crippen molar-refractivity contribution in [3.05, 3.63) is 64.0 Å². The largest absolute Gasteiger partial charge is 0.508 e.